The first-order valence-corrected chi connectivity index (χ1v) is 12.2. The topological polar surface area (TPSA) is 95.9 Å². The lowest BCUT2D eigenvalue weighted by Crippen LogP contribution is -2.57. The van der Waals surface area contributed by atoms with Crippen molar-refractivity contribution in [2.45, 2.75) is 122 Å². The lowest BCUT2D eigenvalue weighted by molar-refractivity contribution is -0.146. The molecule has 0 aliphatic heterocycles. The summed E-state index contributed by atoms with van der Waals surface area (Å²) in [5.74, 6) is -0.752. The van der Waals surface area contributed by atoms with Gasteiger partial charge >= 0.3 is 5.97 Å². The van der Waals surface area contributed by atoms with Gasteiger partial charge in [-0.05, 0) is 6.42 Å². The molecule has 0 spiro atoms. The monoisotopic (exact) mass is 429 g/mol. The SMILES string of the molecule is CCCCCCCCCCCCCCCCCC(=O)NC(CO)(CO)COC(C)=O. The maximum atomic E-state index is 12.1. The second-order valence-corrected chi connectivity index (χ2v) is 8.62. The van der Waals surface area contributed by atoms with E-state index in [0.29, 0.717) is 6.42 Å². The molecule has 30 heavy (non-hydrogen) atoms. The van der Waals surface area contributed by atoms with Crippen LogP contribution in [0.15, 0.2) is 0 Å². The fraction of sp³-hybridized carbons (Fsp3) is 0.917. The standard InChI is InChI=1S/C24H47NO5/c1-3-4-5-6-7-8-9-10-11-12-13-14-15-16-17-18-23(29)25-24(19-26,20-27)21-30-22(2)28/h26-27H,3-21H2,1-2H3,(H,25,29). The number of hydrogen-bond acceptors (Lipinski definition) is 5. The summed E-state index contributed by atoms with van der Waals surface area (Å²) >= 11 is 0. The van der Waals surface area contributed by atoms with Crippen LogP contribution in [-0.2, 0) is 14.3 Å². The summed E-state index contributed by atoms with van der Waals surface area (Å²) in [6, 6.07) is 0. The van der Waals surface area contributed by atoms with Crippen molar-refractivity contribution < 1.29 is 24.5 Å². The largest absolute Gasteiger partial charge is 0.463 e. The zero-order chi connectivity index (χ0) is 22.5. The third-order valence-electron chi connectivity index (χ3n) is 5.57. The van der Waals surface area contributed by atoms with Crippen LogP contribution in [0.3, 0.4) is 0 Å². The Hall–Kier alpha value is -1.14. The molecule has 0 bridgehead atoms. The van der Waals surface area contributed by atoms with E-state index in [2.05, 4.69) is 12.2 Å². The van der Waals surface area contributed by atoms with Crippen molar-refractivity contribution in [1.29, 1.82) is 0 Å². The van der Waals surface area contributed by atoms with Crippen molar-refractivity contribution >= 4 is 11.9 Å². The van der Waals surface area contributed by atoms with Gasteiger partial charge in [-0.1, -0.05) is 96.8 Å². The zero-order valence-electron chi connectivity index (χ0n) is 19.6. The van der Waals surface area contributed by atoms with Crippen LogP contribution >= 0.6 is 0 Å². The van der Waals surface area contributed by atoms with Crippen molar-refractivity contribution in [2.24, 2.45) is 0 Å². The number of carbonyl (C=O) groups excluding carboxylic acids is 2. The fourth-order valence-corrected chi connectivity index (χ4v) is 3.51. The Kier molecular flexibility index (Phi) is 19.0. The van der Waals surface area contributed by atoms with Gasteiger partial charge in [0.25, 0.3) is 0 Å². The molecule has 3 N–H and O–H groups in total. The number of unbranched alkanes of at least 4 members (excludes halogenated alkanes) is 14. The van der Waals surface area contributed by atoms with Gasteiger partial charge in [0.2, 0.25) is 5.91 Å². The fourth-order valence-electron chi connectivity index (χ4n) is 3.51. The lowest BCUT2D eigenvalue weighted by atomic mass is 10.0. The number of ether oxygens (including phenoxy) is 1. The smallest absolute Gasteiger partial charge is 0.302 e. The van der Waals surface area contributed by atoms with E-state index < -0.39 is 24.7 Å². The number of aliphatic hydroxyl groups is 2. The zero-order valence-corrected chi connectivity index (χ0v) is 19.6. The van der Waals surface area contributed by atoms with Gasteiger partial charge in [0.05, 0.1) is 13.2 Å². The third kappa shape index (κ3) is 16.6. The first-order valence-electron chi connectivity index (χ1n) is 12.2. The van der Waals surface area contributed by atoms with Crippen LogP contribution < -0.4 is 5.32 Å². The Morgan fingerprint density at radius 1 is 0.733 bits per heavy atom. The van der Waals surface area contributed by atoms with E-state index in [1.54, 1.807) is 0 Å². The number of carbonyl (C=O) groups is 2. The summed E-state index contributed by atoms with van der Waals surface area (Å²) in [5, 5.41) is 21.6. The summed E-state index contributed by atoms with van der Waals surface area (Å²) in [6.07, 6.45) is 19.4. The number of aliphatic hydroxyl groups excluding tert-OH is 2. The number of nitrogens with one attached hydrogen (secondary N) is 1. The number of hydrogen-bond donors (Lipinski definition) is 3. The molecular weight excluding hydrogens is 382 g/mol. The number of rotatable bonds is 21. The molecule has 0 fully saturated rings. The Labute approximate surface area is 184 Å². The minimum atomic E-state index is -1.31. The maximum absolute atomic E-state index is 12.1. The summed E-state index contributed by atoms with van der Waals surface area (Å²) in [4.78, 5) is 23.0. The van der Waals surface area contributed by atoms with E-state index >= 15 is 0 Å². The van der Waals surface area contributed by atoms with Gasteiger partial charge in [0.1, 0.15) is 12.1 Å². The van der Waals surface area contributed by atoms with E-state index in [4.69, 9.17) is 4.74 Å². The molecule has 0 heterocycles. The van der Waals surface area contributed by atoms with Gasteiger partial charge in [-0.3, -0.25) is 9.59 Å². The normalized spacial score (nSPS) is 11.5. The van der Waals surface area contributed by atoms with Gasteiger partial charge in [-0.2, -0.15) is 0 Å². The van der Waals surface area contributed by atoms with Crippen LogP contribution in [0.4, 0.5) is 0 Å². The summed E-state index contributed by atoms with van der Waals surface area (Å²) in [5.41, 5.74) is -1.31. The van der Waals surface area contributed by atoms with Crippen LogP contribution in [0.25, 0.3) is 0 Å². The molecule has 0 unspecified atom stereocenters. The molecule has 6 heteroatoms. The lowest BCUT2D eigenvalue weighted by Gasteiger charge is -2.30. The van der Waals surface area contributed by atoms with Crippen molar-refractivity contribution in [1.82, 2.24) is 5.32 Å². The van der Waals surface area contributed by atoms with Gasteiger partial charge in [-0.15, -0.1) is 0 Å². The van der Waals surface area contributed by atoms with E-state index in [0.717, 1.165) is 19.3 Å². The Morgan fingerprint density at radius 3 is 1.50 bits per heavy atom. The molecule has 0 saturated carbocycles. The molecule has 0 saturated heterocycles. The molecule has 0 aliphatic rings. The first kappa shape index (κ1) is 28.9. The highest BCUT2D eigenvalue weighted by Gasteiger charge is 2.32. The van der Waals surface area contributed by atoms with E-state index in [1.165, 1.54) is 84.0 Å². The van der Waals surface area contributed by atoms with Crippen LogP contribution in [-0.4, -0.2) is 47.4 Å². The molecular formula is C24H47NO5. The average Bonchev–Trinajstić information content (AvgIpc) is 2.74. The van der Waals surface area contributed by atoms with Crippen molar-refractivity contribution in [3.05, 3.63) is 0 Å². The second kappa shape index (κ2) is 19.8. The summed E-state index contributed by atoms with van der Waals surface area (Å²) < 4.78 is 4.85. The van der Waals surface area contributed by atoms with Gasteiger partial charge in [0.15, 0.2) is 0 Å². The van der Waals surface area contributed by atoms with Crippen molar-refractivity contribution in [3.63, 3.8) is 0 Å². The maximum Gasteiger partial charge on any atom is 0.302 e. The first-order chi connectivity index (χ1) is 14.5. The average molecular weight is 430 g/mol. The highest BCUT2D eigenvalue weighted by Crippen LogP contribution is 2.14. The van der Waals surface area contributed by atoms with Crippen LogP contribution in [0.5, 0.6) is 0 Å². The van der Waals surface area contributed by atoms with Gasteiger partial charge in [0, 0.05) is 13.3 Å². The van der Waals surface area contributed by atoms with Crippen molar-refractivity contribution in [2.75, 3.05) is 19.8 Å². The molecule has 0 aromatic heterocycles. The molecule has 0 aliphatic carbocycles. The highest BCUT2D eigenvalue weighted by molar-refractivity contribution is 5.77. The molecule has 6 nitrogen and oxygen atoms in total. The molecule has 0 radical (unpaired) electrons. The molecule has 178 valence electrons. The number of amides is 1. The Morgan fingerprint density at radius 2 is 1.13 bits per heavy atom. The molecule has 0 aromatic rings. The minimum absolute atomic E-state index is 0.236. The quantitative estimate of drug-likeness (QED) is 0.182. The Balaban J connectivity index is 3.58. The van der Waals surface area contributed by atoms with Gasteiger partial charge in [-0.25, -0.2) is 0 Å². The van der Waals surface area contributed by atoms with Gasteiger partial charge < -0.3 is 20.3 Å². The molecule has 0 aromatic carbocycles. The van der Waals surface area contributed by atoms with Crippen LogP contribution in [0, 0.1) is 0 Å². The summed E-state index contributed by atoms with van der Waals surface area (Å²) in [6.45, 7) is 2.30. The van der Waals surface area contributed by atoms with Crippen LogP contribution in [0.1, 0.15) is 117 Å². The minimum Gasteiger partial charge on any atom is -0.463 e. The van der Waals surface area contributed by atoms with E-state index in [-0.39, 0.29) is 12.5 Å². The Bertz CT molecular complexity index is 424. The van der Waals surface area contributed by atoms with E-state index in [1.807, 2.05) is 0 Å². The predicted molar refractivity (Wildman–Crippen MR) is 121 cm³/mol. The highest BCUT2D eigenvalue weighted by atomic mass is 16.5. The second-order valence-electron chi connectivity index (χ2n) is 8.62. The molecule has 1 amide bonds. The molecule has 0 atom stereocenters. The third-order valence-corrected chi connectivity index (χ3v) is 5.57. The van der Waals surface area contributed by atoms with Crippen molar-refractivity contribution in [3.8, 4) is 0 Å². The number of esters is 1. The predicted octanol–water partition coefficient (Wildman–Crippen LogP) is 4.65. The van der Waals surface area contributed by atoms with Crippen LogP contribution in [0.2, 0.25) is 0 Å². The van der Waals surface area contributed by atoms with E-state index in [9.17, 15) is 19.8 Å². The molecule has 0 rings (SSSR count). The summed E-state index contributed by atoms with van der Waals surface area (Å²) in [7, 11) is 0.